The molecule has 26 heavy (non-hydrogen) atoms. The predicted molar refractivity (Wildman–Crippen MR) is 102 cm³/mol. The van der Waals surface area contributed by atoms with Gasteiger partial charge in [-0.15, -0.1) is 0 Å². The average Bonchev–Trinajstić information content (AvgIpc) is 2.97. The van der Waals surface area contributed by atoms with Gasteiger partial charge < -0.3 is 14.5 Å². The third kappa shape index (κ3) is 4.47. The molecule has 5 nitrogen and oxygen atoms in total. The van der Waals surface area contributed by atoms with E-state index in [9.17, 15) is 4.79 Å². The predicted octanol–water partition coefficient (Wildman–Crippen LogP) is 3.55. The summed E-state index contributed by atoms with van der Waals surface area (Å²) in [7, 11) is 1.59. The van der Waals surface area contributed by atoms with Gasteiger partial charge in [0.1, 0.15) is 17.3 Å². The fourth-order valence-electron chi connectivity index (χ4n) is 3.59. The SMILES string of the molecule is COc1ccccc1C(=O)NCC1CCN(Cc2cc(C)oc2C)CC1. The number of benzene rings is 1. The molecule has 3 rings (SSSR count). The first-order valence-corrected chi connectivity index (χ1v) is 9.26. The van der Waals surface area contributed by atoms with Crippen LogP contribution >= 0.6 is 0 Å². The second kappa shape index (κ2) is 8.41. The Morgan fingerprint density at radius 3 is 2.65 bits per heavy atom. The standard InChI is InChI=1S/C21H28N2O3/c1-15-12-18(16(2)26-15)14-23-10-8-17(9-11-23)13-22-21(24)19-6-4-5-7-20(19)25-3/h4-7,12,17H,8-11,13-14H2,1-3H3,(H,22,24). The molecule has 5 heteroatoms. The molecule has 1 aromatic carbocycles. The number of carbonyl (C=O) groups excluding carboxylic acids is 1. The second-order valence-corrected chi connectivity index (χ2v) is 7.07. The van der Waals surface area contributed by atoms with Crippen LogP contribution in [-0.4, -0.2) is 37.6 Å². The zero-order valence-corrected chi connectivity index (χ0v) is 15.9. The number of ether oxygens (including phenoxy) is 1. The minimum atomic E-state index is -0.0608. The molecule has 0 spiro atoms. The normalized spacial score (nSPS) is 15.8. The highest BCUT2D eigenvalue weighted by atomic mass is 16.5. The maximum atomic E-state index is 12.4. The van der Waals surface area contributed by atoms with Gasteiger partial charge in [0.05, 0.1) is 12.7 Å². The maximum Gasteiger partial charge on any atom is 0.255 e. The van der Waals surface area contributed by atoms with Crippen molar-refractivity contribution in [2.75, 3.05) is 26.7 Å². The van der Waals surface area contributed by atoms with Gasteiger partial charge in [-0.1, -0.05) is 12.1 Å². The van der Waals surface area contributed by atoms with Crippen LogP contribution in [0.1, 0.15) is 40.3 Å². The number of furan rings is 1. The lowest BCUT2D eigenvalue weighted by Crippen LogP contribution is -2.38. The van der Waals surface area contributed by atoms with Gasteiger partial charge in [0.25, 0.3) is 5.91 Å². The van der Waals surface area contributed by atoms with E-state index < -0.39 is 0 Å². The van der Waals surface area contributed by atoms with Crippen molar-refractivity contribution in [3.63, 3.8) is 0 Å². The summed E-state index contributed by atoms with van der Waals surface area (Å²) in [6.07, 6.45) is 2.20. The first-order chi connectivity index (χ1) is 12.6. The number of methoxy groups -OCH3 is 1. The van der Waals surface area contributed by atoms with E-state index in [2.05, 4.69) is 16.3 Å². The van der Waals surface area contributed by atoms with Crippen molar-refractivity contribution in [3.8, 4) is 5.75 Å². The van der Waals surface area contributed by atoms with Crippen LogP contribution < -0.4 is 10.1 Å². The molecule has 1 fully saturated rings. The number of carbonyl (C=O) groups is 1. The van der Waals surface area contributed by atoms with E-state index in [0.717, 1.165) is 44.0 Å². The number of hydrogen-bond donors (Lipinski definition) is 1. The Bertz CT molecular complexity index is 745. The molecular formula is C21H28N2O3. The molecule has 1 aliphatic rings. The number of piperidine rings is 1. The summed E-state index contributed by atoms with van der Waals surface area (Å²) in [6.45, 7) is 7.80. The quantitative estimate of drug-likeness (QED) is 0.860. The lowest BCUT2D eigenvalue weighted by Gasteiger charge is -2.31. The number of rotatable bonds is 6. The van der Waals surface area contributed by atoms with Crippen LogP contribution in [0.3, 0.4) is 0 Å². The number of nitrogens with one attached hydrogen (secondary N) is 1. The topological polar surface area (TPSA) is 54.7 Å². The molecule has 0 aliphatic carbocycles. The van der Waals surface area contributed by atoms with Crippen molar-refractivity contribution in [2.45, 2.75) is 33.2 Å². The van der Waals surface area contributed by atoms with Crippen LogP contribution in [0.5, 0.6) is 5.75 Å². The summed E-state index contributed by atoms with van der Waals surface area (Å²) in [4.78, 5) is 14.9. The Labute approximate surface area is 155 Å². The van der Waals surface area contributed by atoms with Crippen molar-refractivity contribution in [1.29, 1.82) is 0 Å². The second-order valence-electron chi connectivity index (χ2n) is 7.07. The average molecular weight is 356 g/mol. The molecule has 0 unspecified atom stereocenters. The van der Waals surface area contributed by atoms with Crippen LogP contribution in [0.15, 0.2) is 34.7 Å². The molecule has 140 valence electrons. The van der Waals surface area contributed by atoms with E-state index in [-0.39, 0.29) is 5.91 Å². The van der Waals surface area contributed by atoms with Crippen molar-refractivity contribution < 1.29 is 13.9 Å². The minimum absolute atomic E-state index is 0.0608. The zero-order chi connectivity index (χ0) is 18.5. The van der Waals surface area contributed by atoms with Crippen LogP contribution in [0.4, 0.5) is 0 Å². The molecule has 1 N–H and O–H groups in total. The number of amides is 1. The monoisotopic (exact) mass is 356 g/mol. The molecule has 0 atom stereocenters. The van der Waals surface area contributed by atoms with Gasteiger partial charge in [-0.05, 0) is 63.9 Å². The van der Waals surface area contributed by atoms with Crippen molar-refractivity contribution in [3.05, 3.63) is 53.0 Å². The molecular weight excluding hydrogens is 328 g/mol. The molecule has 1 amide bonds. The summed E-state index contributed by atoms with van der Waals surface area (Å²) in [6, 6.07) is 9.47. The smallest absolute Gasteiger partial charge is 0.255 e. The van der Waals surface area contributed by atoms with E-state index in [0.29, 0.717) is 23.8 Å². The fourth-order valence-corrected chi connectivity index (χ4v) is 3.59. The summed E-state index contributed by atoms with van der Waals surface area (Å²) in [5, 5.41) is 3.07. The number of para-hydroxylation sites is 1. The summed E-state index contributed by atoms with van der Waals surface area (Å²) in [5.74, 6) is 3.08. The first-order valence-electron chi connectivity index (χ1n) is 9.26. The van der Waals surface area contributed by atoms with Gasteiger partial charge in [-0.25, -0.2) is 0 Å². The van der Waals surface area contributed by atoms with E-state index >= 15 is 0 Å². The van der Waals surface area contributed by atoms with Crippen LogP contribution in [0.2, 0.25) is 0 Å². The van der Waals surface area contributed by atoms with E-state index in [1.54, 1.807) is 13.2 Å². The van der Waals surface area contributed by atoms with Gasteiger partial charge in [0, 0.05) is 18.7 Å². The lowest BCUT2D eigenvalue weighted by molar-refractivity contribution is 0.0932. The van der Waals surface area contributed by atoms with Gasteiger partial charge in [0.15, 0.2) is 0 Å². The van der Waals surface area contributed by atoms with E-state index in [1.807, 2.05) is 32.0 Å². The third-order valence-electron chi connectivity index (χ3n) is 5.15. The van der Waals surface area contributed by atoms with Gasteiger partial charge in [0.2, 0.25) is 0 Å². The minimum Gasteiger partial charge on any atom is -0.496 e. The lowest BCUT2D eigenvalue weighted by atomic mass is 9.96. The van der Waals surface area contributed by atoms with Crippen molar-refractivity contribution in [2.24, 2.45) is 5.92 Å². The van der Waals surface area contributed by atoms with E-state index in [1.165, 1.54) is 5.56 Å². The Balaban J connectivity index is 1.45. The van der Waals surface area contributed by atoms with Gasteiger partial charge in [-0.2, -0.15) is 0 Å². The fraction of sp³-hybridized carbons (Fsp3) is 0.476. The Morgan fingerprint density at radius 1 is 1.27 bits per heavy atom. The number of nitrogens with zero attached hydrogens (tertiary/aromatic N) is 1. The Kier molecular flexibility index (Phi) is 5.99. The van der Waals surface area contributed by atoms with Gasteiger partial charge >= 0.3 is 0 Å². The molecule has 1 aromatic heterocycles. The molecule has 0 radical (unpaired) electrons. The highest BCUT2D eigenvalue weighted by Crippen LogP contribution is 2.22. The largest absolute Gasteiger partial charge is 0.496 e. The van der Waals surface area contributed by atoms with Crippen molar-refractivity contribution >= 4 is 5.91 Å². The highest BCUT2D eigenvalue weighted by molar-refractivity contribution is 5.96. The summed E-state index contributed by atoms with van der Waals surface area (Å²) < 4.78 is 10.9. The molecule has 0 saturated carbocycles. The molecule has 1 aliphatic heterocycles. The van der Waals surface area contributed by atoms with Crippen molar-refractivity contribution in [1.82, 2.24) is 10.2 Å². The maximum absolute atomic E-state index is 12.4. The number of aryl methyl sites for hydroxylation is 2. The third-order valence-corrected chi connectivity index (χ3v) is 5.15. The van der Waals surface area contributed by atoms with Crippen LogP contribution in [0, 0.1) is 19.8 Å². The first kappa shape index (κ1) is 18.5. The summed E-state index contributed by atoms with van der Waals surface area (Å²) >= 11 is 0. The highest BCUT2D eigenvalue weighted by Gasteiger charge is 2.21. The Hall–Kier alpha value is -2.27. The van der Waals surface area contributed by atoms with E-state index in [4.69, 9.17) is 9.15 Å². The van der Waals surface area contributed by atoms with Crippen LogP contribution in [-0.2, 0) is 6.54 Å². The molecule has 2 aromatic rings. The van der Waals surface area contributed by atoms with Gasteiger partial charge in [-0.3, -0.25) is 9.69 Å². The number of likely N-dealkylation sites (tertiary alicyclic amines) is 1. The Morgan fingerprint density at radius 2 is 2.00 bits per heavy atom. The molecule has 2 heterocycles. The number of hydrogen-bond acceptors (Lipinski definition) is 4. The summed E-state index contributed by atoms with van der Waals surface area (Å²) in [5.41, 5.74) is 1.88. The molecule has 1 saturated heterocycles. The van der Waals surface area contributed by atoms with Crippen LogP contribution in [0.25, 0.3) is 0 Å². The molecule has 0 bridgehead atoms. The zero-order valence-electron chi connectivity index (χ0n) is 15.9.